The number of hydrogen-bond acceptors (Lipinski definition) is 2. The second-order valence-corrected chi connectivity index (χ2v) is 4.62. The van der Waals surface area contributed by atoms with Crippen LogP contribution in [0.2, 0.25) is 0 Å². The molecule has 3 heteroatoms. The smallest absolute Gasteiger partial charge is 0.124 e. The van der Waals surface area contributed by atoms with Gasteiger partial charge in [-0.05, 0) is 43.7 Å². The molecule has 76 valence electrons. The summed E-state index contributed by atoms with van der Waals surface area (Å²) in [5.41, 5.74) is 2.63. The summed E-state index contributed by atoms with van der Waals surface area (Å²) in [6.07, 6.45) is 1.06. The molecular weight excluding hydrogens is 242 g/mol. The summed E-state index contributed by atoms with van der Waals surface area (Å²) in [6.45, 7) is 2.89. The first-order chi connectivity index (χ1) is 6.70. The normalized spacial score (nSPS) is 20.1. The van der Waals surface area contributed by atoms with E-state index in [9.17, 15) is 0 Å². The molecule has 0 unspecified atom stereocenters. The molecule has 0 aliphatic carbocycles. The number of likely N-dealkylation sites (N-methyl/N-ethyl adjacent to an activating group) is 1. The van der Waals surface area contributed by atoms with E-state index < -0.39 is 0 Å². The summed E-state index contributed by atoms with van der Waals surface area (Å²) >= 11 is 3.48. The number of ether oxygens (including phenoxy) is 1. The van der Waals surface area contributed by atoms with Gasteiger partial charge in [0.1, 0.15) is 12.4 Å². The first kappa shape index (κ1) is 9.99. The first-order valence-corrected chi connectivity index (χ1v) is 5.59. The molecule has 2 rings (SSSR count). The molecule has 0 amide bonds. The molecule has 1 N–H and O–H groups in total. The average molecular weight is 256 g/mol. The number of fused-ring (bicyclic) bond motifs is 1. The van der Waals surface area contributed by atoms with E-state index in [1.165, 1.54) is 11.1 Å². The molecule has 1 aromatic rings. The standard InChI is InChI=1S/C11H14BrNO/c1-7-3-8(12)4-11-10(7)5-9(13-2)6-14-11/h3-4,9,13H,5-6H2,1-2H3/t9-/m1/s1. The van der Waals surface area contributed by atoms with E-state index in [0.29, 0.717) is 6.04 Å². The fraction of sp³-hybridized carbons (Fsp3) is 0.455. The third-order valence-electron chi connectivity index (χ3n) is 2.70. The van der Waals surface area contributed by atoms with E-state index in [2.05, 4.69) is 34.2 Å². The number of aryl methyl sites for hydroxylation is 1. The van der Waals surface area contributed by atoms with Crippen molar-refractivity contribution in [1.29, 1.82) is 0 Å². The zero-order valence-corrected chi connectivity index (χ0v) is 10.0. The minimum atomic E-state index is 0.447. The maximum absolute atomic E-state index is 5.70. The minimum absolute atomic E-state index is 0.447. The predicted octanol–water partition coefficient (Wildman–Crippen LogP) is 2.28. The SMILES string of the molecule is CN[C@H]1COc2cc(Br)cc(C)c2C1. The van der Waals surface area contributed by atoms with Gasteiger partial charge in [-0.25, -0.2) is 0 Å². The van der Waals surface area contributed by atoms with Crippen LogP contribution < -0.4 is 10.1 Å². The van der Waals surface area contributed by atoms with Crippen LogP contribution in [0.5, 0.6) is 5.75 Å². The lowest BCUT2D eigenvalue weighted by atomic mass is 9.98. The third kappa shape index (κ3) is 1.79. The second-order valence-electron chi connectivity index (χ2n) is 3.70. The number of rotatable bonds is 1. The molecule has 14 heavy (non-hydrogen) atoms. The van der Waals surface area contributed by atoms with Gasteiger partial charge in [0.2, 0.25) is 0 Å². The Kier molecular flexibility index (Phi) is 2.79. The van der Waals surface area contributed by atoms with Gasteiger partial charge in [-0.3, -0.25) is 0 Å². The van der Waals surface area contributed by atoms with Crippen molar-refractivity contribution < 1.29 is 4.74 Å². The Balaban J connectivity index is 2.37. The van der Waals surface area contributed by atoms with Gasteiger partial charge in [-0.2, -0.15) is 0 Å². The van der Waals surface area contributed by atoms with Crippen LogP contribution in [0, 0.1) is 6.92 Å². The summed E-state index contributed by atoms with van der Waals surface area (Å²) in [5.74, 6) is 1.03. The lowest BCUT2D eigenvalue weighted by Crippen LogP contribution is -2.37. The average Bonchev–Trinajstić information content (AvgIpc) is 2.17. The molecule has 0 saturated heterocycles. The van der Waals surface area contributed by atoms with Crippen molar-refractivity contribution in [2.45, 2.75) is 19.4 Å². The Labute approximate surface area is 92.8 Å². The summed E-state index contributed by atoms with van der Waals surface area (Å²) in [5, 5.41) is 3.25. The molecule has 0 saturated carbocycles. The van der Waals surface area contributed by atoms with Crippen LogP contribution in [0.3, 0.4) is 0 Å². The van der Waals surface area contributed by atoms with Gasteiger partial charge < -0.3 is 10.1 Å². The highest BCUT2D eigenvalue weighted by Crippen LogP contribution is 2.31. The van der Waals surface area contributed by atoms with Crippen molar-refractivity contribution in [2.24, 2.45) is 0 Å². The third-order valence-corrected chi connectivity index (χ3v) is 3.15. The number of hydrogen-bond donors (Lipinski definition) is 1. The molecule has 1 atom stereocenters. The maximum Gasteiger partial charge on any atom is 0.124 e. The highest BCUT2D eigenvalue weighted by Gasteiger charge is 2.20. The van der Waals surface area contributed by atoms with E-state index in [4.69, 9.17) is 4.74 Å². The summed E-state index contributed by atoms with van der Waals surface area (Å²) in [4.78, 5) is 0. The zero-order chi connectivity index (χ0) is 10.1. The number of benzene rings is 1. The molecule has 1 aliphatic rings. The monoisotopic (exact) mass is 255 g/mol. The summed E-state index contributed by atoms with van der Waals surface area (Å²) in [7, 11) is 1.98. The Bertz CT molecular complexity index is 351. The first-order valence-electron chi connectivity index (χ1n) is 4.80. The summed E-state index contributed by atoms with van der Waals surface area (Å²) in [6, 6.07) is 4.64. The largest absolute Gasteiger partial charge is 0.492 e. The topological polar surface area (TPSA) is 21.3 Å². The lowest BCUT2D eigenvalue weighted by Gasteiger charge is -2.26. The number of nitrogens with one attached hydrogen (secondary N) is 1. The van der Waals surface area contributed by atoms with Gasteiger partial charge in [0.15, 0.2) is 0 Å². The molecule has 0 spiro atoms. The van der Waals surface area contributed by atoms with Crippen LogP contribution in [-0.2, 0) is 6.42 Å². The quantitative estimate of drug-likeness (QED) is 0.832. The van der Waals surface area contributed by atoms with Crippen molar-refractivity contribution >= 4 is 15.9 Å². The molecule has 0 radical (unpaired) electrons. The van der Waals surface area contributed by atoms with Crippen molar-refractivity contribution in [3.8, 4) is 5.75 Å². The van der Waals surface area contributed by atoms with Crippen molar-refractivity contribution in [3.63, 3.8) is 0 Å². The van der Waals surface area contributed by atoms with Crippen LogP contribution in [-0.4, -0.2) is 19.7 Å². The highest BCUT2D eigenvalue weighted by molar-refractivity contribution is 9.10. The number of halogens is 1. The van der Waals surface area contributed by atoms with Gasteiger partial charge >= 0.3 is 0 Å². The lowest BCUT2D eigenvalue weighted by molar-refractivity contribution is 0.245. The minimum Gasteiger partial charge on any atom is -0.492 e. The molecule has 1 aromatic carbocycles. The Morgan fingerprint density at radius 1 is 1.50 bits per heavy atom. The molecule has 0 fully saturated rings. The van der Waals surface area contributed by atoms with Crippen LogP contribution in [0.15, 0.2) is 16.6 Å². The Hall–Kier alpha value is -0.540. The van der Waals surface area contributed by atoms with Gasteiger partial charge in [0, 0.05) is 10.5 Å². The predicted molar refractivity (Wildman–Crippen MR) is 60.9 cm³/mol. The van der Waals surface area contributed by atoms with E-state index >= 15 is 0 Å². The fourth-order valence-electron chi connectivity index (χ4n) is 1.81. The van der Waals surface area contributed by atoms with Crippen LogP contribution in [0.25, 0.3) is 0 Å². The van der Waals surface area contributed by atoms with E-state index in [1.807, 2.05) is 13.1 Å². The van der Waals surface area contributed by atoms with Crippen molar-refractivity contribution in [1.82, 2.24) is 5.32 Å². The van der Waals surface area contributed by atoms with Crippen LogP contribution >= 0.6 is 15.9 Å². The molecule has 0 aromatic heterocycles. The summed E-state index contributed by atoms with van der Waals surface area (Å²) < 4.78 is 6.79. The van der Waals surface area contributed by atoms with E-state index in [1.54, 1.807) is 0 Å². The van der Waals surface area contributed by atoms with E-state index in [0.717, 1.165) is 23.2 Å². The second kappa shape index (κ2) is 3.91. The van der Waals surface area contributed by atoms with Crippen LogP contribution in [0.4, 0.5) is 0 Å². The van der Waals surface area contributed by atoms with Gasteiger partial charge in [0.25, 0.3) is 0 Å². The molecule has 1 aliphatic heterocycles. The van der Waals surface area contributed by atoms with Crippen molar-refractivity contribution in [3.05, 3.63) is 27.7 Å². The van der Waals surface area contributed by atoms with Gasteiger partial charge in [-0.15, -0.1) is 0 Å². The Morgan fingerprint density at radius 3 is 3.00 bits per heavy atom. The molecule has 2 nitrogen and oxygen atoms in total. The van der Waals surface area contributed by atoms with E-state index in [-0.39, 0.29) is 0 Å². The molecule has 1 heterocycles. The fourth-order valence-corrected chi connectivity index (χ4v) is 2.37. The van der Waals surface area contributed by atoms with Gasteiger partial charge in [0.05, 0.1) is 0 Å². The zero-order valence-electron chi connectivity index (χ0n) is 8.43. The molecular formula is C11H14BrNO. The van der Waals surface area contributed by atoms with Crippen molar-refractivity contribution in [2.75, 3.05) is 13.7 Å². The maximum atomic E-state index is 5.70. The highest BCUT2D eigenvalue weighted by atomic mass is 79.9. The van der Waals surface area contributed by atoms with Gasteiger partial charge in [-0.1, -0.05) is 15.9 Å². The van der Waals surface area contributed by atoms with Crippen LogP contribution in [0.1, 0.15) is 11.1 Å². The Morgan fingerprint density at radius 2 is 2.29 bits per heavy atom. The molecule has 0 bridgehead atoms.